The molecule has 1 aromatic rings. The Bertz CT molecular complexity index is 481. The van der Waals surface area contributed by atoms with Crippen molar-refractivity contribution in [2.45, 2.75) is 59.9 Å². The molecule has 0 saturated heterocycles. The Morgan fingerprint density at radius 1 is 0.773 bits per heavy atom. The van der Waals surface area contributed by atoms with Crippen molar-refractivity contribution < 1.29 is 18.9 Å². The van der Waals surface area contributed by atoms with E-state index in [0.29, 0.717) is 23.1 Å². The molecule has 0 bridgehead atoms. The fraction of sp³-hybridized carbons (Fsp3) is 0.667. The van der Waals surface area contributed by atoms with Gasteiger partial charge in [-0.3, -0.25) is 0 Å². The van der Waals surface area contributed by atoms with Crippen LogP contribution >= 0.6 is 0 Å². The summed E-state index contributed by atoms with van der Waals surface area (Å²) in [6.07, 6.45) is -0.193. The first-order valence-electron chi connectivity index (χ1n) is 7.13. The van der Waals surface area contributed by atoms with E-state index < -0.39 is 0 Å². The standard InChI is InChI=1S/C15H24BNO4.Li/c1-8(2)19-11-12(20-9(3)4)14(16)17-15(13(11)18-7)21-10(5)6;/h8-10H,1-7H3;. The molecular formula is C15H24BLiNO4. The molecule has 0 spiro atoms. The van der Waals surface area contributed by atoms with E-state index in [2.05, 4.69) is 4.98 Å². The molecule has 0 unspecified atom stereocenters. The molecule has 7 heteroatoms. The summed E-state index contributed by atoms with van der Waals surface area (Å²) >= 11 is 0. The SMILES string of the molecule is [B]c1nc(OC(C)C)c(OC)c(OC(C)C)c1OC(C)C.[Li]. The van der Waals surface area contributed by atoms with Crippen LogP contribution in [0.2, 0.25) is 0 Å². The molecule has 1 rings (SSSR count). The van der Waals surface area contributed by atoms with Gasteiger partial charge >= 0.3 is 0 Å². The van der Waals surface area contributed by atoms with Gasteiger partial charge in [-0.15, -0.1) is 0 Å². The summed E-state index contributed by atoms with van der Waals surface area (Å²) in [4.78, 5) is 4.23. The predicted molar refractivity (Wildman–Crippen MR) is 89.2 cm³/mol. The topological polar surface area (TPSA) is 49.8 Å². The molecule has 1 aromatic heterocycles. The summed E-state index contributed by atoms with van der Waals surface area (Å²) in [5, 5.41) is 0. The van der Waals surface area contributed by atoms with Gasteiger partial charge in [-0.25, -0.2) is 4.98 Å². The zero-order valence-electron chi connectivity index (χ0n) is 14.9. The van der Waals surface area contributed by atoms with Crippen LogP contribution in [0.4, 0.5) is 0 Å². The van der Waals surface area contributed by atoms with E-state index in [4.69, 9.17) is 26.8 Å². The molecule has 0 amide bonds. The van der Waals surface area contributed by atoms with Crippen LogP contribution in [0, 0.1) is 0 Å². The molecule has 0 fully saturated rings. The molecule has 22 heavy (non-hydrogen) atoms. The first-order valence-corrected chi connectivity index (χ1v) is 7.13. The molecule has 0 N–H and O–H groups in total. The molecule has 5 nitrogen and oxygen atoms in total. The van der Waals surface area contributed by atoms with Crippen LogP contribution in [-0.2, 0) is 0 Å². The van der Waals surface area contributed by atoms with Crippen LogP contribution in [-0.4, -0.2) is 57.1 Å². The van der Waals surface area contributed by atoms with E-state index in [0.717, 1.165) is 0 Å². The van der Waals surface area contributed by atoms with Gasteiger partial charge in [0.2, 0.25) is 11.5 Å². The third kappa shape index (κ3) is 5.66. The Hall–Kier alpha value is -0.988. The second-order valence-corrected chi connectivity index (χ2v) is 5.49. The maximum atomic E-state index is 5.99. The van der Waals surface area contributed by atoms with E-state index in [1.807, 2.05) is 41.5 Å². The molecule has 0 aromatic carbocycles. The number of rotatable bonds is 7. The number of pyridine rings is 1. The van der Waals surface area contributed by atoms with Gasteiger partial charge < -0.3 is 18.9 Å². The fourth-order valence-corrected chi connectivity index (χ4v) is 1.70. The monoisotopic (exact) mass is 300 g/mol. The molecule has 3 radical (unpaired) electrons. The van der Waals surface area contributed by atoms with E-state index in [1.165, 1.54) is 7.11 Å². The van der Waals surface area contributed by atoms with Gasteiger partial charge in [-0.1, -0.05) is 0 Å². The second-order valence-electron chi connectivity index (χ2n) is 5.49. The van der Waals surface area contributed by atoms with Crippen LogP contribution in [0.5, 0.6) is 23.1 Å². The van der Waals surface area contributed by atoms with Crippen molar-refractivity contribution in [2.75, 3.05) is 7.11 Å². The maximum Gasteiger partial charge on any atom is 0.260 e. The summed E-state index contributed by atoms with van der Waals surface area (Å²) in [7, 11) is 7.53. The molecule has 0 saturated carbocycles. The van der Waals surface area contributed by atoms with Gasteiger partial charge in [0.25, 0.3) is 5.88 Å². The van der Waals surface area contributed by atoms with Crippen LogP contribution in [0.15, 0.2) is 0 Å². The van der Waals surface area contributed by atoms with E-state index in [1.54, 1.807) is 0 Å². The summed E-state index contributed by atoms with van der Waals surface area (Å²) in [5.74, 6) is 1.50. The number of nitrogens with zero attached hydrogens (tertiary/aromatic N) is 1. The van der Waals surface area contributed by atoms with Crippen LogP contribution in [0.3, 0.4) is 0 Å². The van der Waals surface area contributed by atoms with Gasteiger partial charge in [-0.05, 0) is 41.5 Å². The van der Waals surface area contributed by atoms with Crippen molar-refractivity contribution >= 4 is 32.3 Å². The number of hydrogen-bond acceptors (Lipinski definition) is 5. The first-order chi connectivity index (χ1) is 9.76. The number of methoxy groups -OCH3 is 1. The van der Waals surface area contributed by atoms with Crippen molar-refractivity contribution in [1.29, 1.82) is 0 Å². The Morgan fingerprint density at radius 2 is 1.23 bits per heavy atom. The molecule has 117 valence electrons. The summed E-state index contributed by atoms with van der Waals surface area (Å²) < 4.78 is 22.6. The van der Waals surface area contributed by atoms with E-state index in [9.17, 15) is 0 Å². The minimum absolute atomic E-state index is 0. The smallest absolute Gasteiger partial charge is 0.260 e. The van der Waals surface area contributed by atoms with Crippen LogP contribution < -0.4 is 24.5 Å². The zero-order valence-corrected chi connectivity index (χ0v) is 14.9. The minimum Gasteiger partial charge on any atom is -0.488 e. The van der Waals surface area contributed by atoms with Crippen molar-refractivity contribution in [3.63, 3.8) is 0 Å². The van der Waals surface area contributed by atoms with Crippen molar-refractivity contribution in [3.8, 4) is 23.1 Å². The molecule has 0 aliphatic carbocycles. The molecule has 0 aliphatic rings. The maximum absolute atomic E-state index is 5.99. The molecule has 0 aliphatic heterocycles. The number of aromatic nitrogens is 1. The average molecular weight is 300 g/mol. The predicted octanol–water partition coefficient (Wildman–Crippen LogP) is 1.86. The Kier molecular flexibility index (Phi) is 8.80. The van der Waals surface area contributed by atoms with Crippen LogP contribution in [0.1, 0.15) is 41.5 Å². The third-order valence-electron chi connectivity index (χ3n) is 2.32. The second kappa shape index (κ2) is 9.22. The van der Waals surface area contributed by atoms with Crippen molar-refractivity contribution in [1.82, 2.24) is 4.98 Å². The normalized spacial score (nSPS) is 10.6. The quantitative estimate of drug-likeness (QED) is 0.719. The summed E-state index contributed by atoms with van der Waals surface area (Å²) in [6, 6.07) is 0. The summed E-state index contributed by atoms with van der Waals surface area (Å²) in [5.41, 5.74) is 0.218. The minimum atomic E-state index is -0.0675. The fourth-order valence-electron chi connectivity index (χ4n) is 1.70. The van der Waals surface area contributed by atoms with E-state index >= 15 is 0 Å². The number of ether oxygens (including phenoxy) is 4. The Labute approximate surface area is 146 Å². The van der Waals surface area contributed by atoms with Gasteiger partial charge in [-0.2, -0.15) is 0 Å². The third-order valence-corrected chi connectivity index (χ3v) is 2.32. The largest absolute Gasteiger partial charge is 0.488 e. The van der Waals surface area contributed by atoms with E-state index in [-0.39, 0.29) is 42.8 Å². The average Bonchev–Trinajstić information content (AvgIpc) is 2.32. The van der Waals surface area contributed by atoms with Crippen molar-refractivity contribution in [2.24, 2.45) is 0 Å². The first kappa shape index (κ1) is 21.0. The number of hydrogen-bond donors (Lipinski definition) is 0. The summed E-state index contributed by atoms with van der Waals surface area (Å²) in [6.45, 7) is 11.4. The van der Waals surface area contributed by atoms with Gasteiger partial charge in [0, 0.05) is 24.5 Å². The van der Waals surface area contributed by atoms with Crippen molar-refractivity contribution in [3.05, 3.63) is 0 Å². The Morgan fingerprint density at radius 3 is 1.64 bits per heavy atom. The Balaban J connectivity index is 0.00000441. The molecule has 0 atom stereocenters. The molecular weight excluding hydrogens is 276 g/mol. The van der Waals surface area contributed by atoms with Gasteiger partial charge in [0.05, 0.1) is 25.4 Å². The zero-order chi connectivity index (χ0) is 16.2. The van der Waals surface area contributed by atoms with Crippen LogP contribution in [0.25, 0.3) is 0 Å². The van der Waals surface area contributed by atoms with Gasteiger partial charge in [0.15, 0.2) is 5.75 Å². The van der Waals surface area contributed by atoms with Gasteiger partial charge in [0.1, 0.15) is 7.85 Å². The molecule has 1 heterocycles.